The predicted molar refractivity (Wildman–Crippen MR) is 66.6 cm³/mol. The van der Waals surface area contributed by atoms with Crippen LogP contribution in [0.25, 0.3) is 0 Å². The first-order valence-corrected chi connectivity index (χ1v) is 7.87. The number of hydrogen-bond acceptors (Lipinski definition) is 0. The van der Waals surface area contributed by atoms with Gasteiger partial charge in [0.25, 0.3) is 0 Å². The topological polar surface area (TPSA) is 0 Å². The molecule has 0 amide bonds. The molecule has 2 heteroatoms. The van der Waals surface area contributed by atoms with E-state index in [0.29, 0.717) is 0 Å². The monoisotopic (exact) mass is 366 g/mol. The molecule has 0 fully saturated rings. The maximum absolute atomic E-state index is 3.69. The average Bonchev–Trinajstić information content (AvgIpc) is 2.15. The van der Waals surface area contributed by atoms with E-state index in [4.69, 9.17) is 0 Å². The summed E-state index contributed by atoms with van der Waals surface area (Å²) in [4.78, 5) is 0. The van der Waals surface area contributed by atoms with Crippen molar-refractivity contribution in [1.29, 1.82) is 0 Å². The third-order valence-electron chi connectivity index (χ3n) is 2.18. The van der Waals surface area contributed by atoms with Crippen LogP contribution in [0, 0.1) is 50.1 Å². The van der Waals surface area contributed by atoms with Crippen molar-refractivity contribution >= 4 is 8.80 Å². The van der Waals surface area contributed by atoms with Crippen LogP contribution in [-0.2, 0) is 0 Å². The summed E-state index contributed by atoms with van der Waals surface area (Å²) in [6, 6.07) is 4.46. The first kappa shape index (κ1) is 20.8. The van der Waals surface area contributed by atoms with Crippen molar-refractivity contribution in [2.24, 2.45) is 5.92 Å². The fourth-order valence-corrected chi connectivity index (χ4v) is 2.87. The second-order valence-corrected chi connectivity index (χ2v) is 7.30. The normalized spacial score (nSPS) is 9.43. The Balaban J connectivity index is -0.000000177. The second-order valence-electron chi connectivity index (χ2n) is 3.89. The molecule has 0 spiro atoms. The zero-order valence-electron chi connectivity index (χ0n) is 10.6. The van der Waals surface area contributed by atoms with Crippen molar-refractivity contribution in [3.8, 4) is 0 Å². The molecule has 0 N–H and O–H groups in total. The van der Waals surface area contributed by atoms with E-state index in [-0.39, 0.29) is 46.1 Å². The first-order valence-electron chi connectivity index (χ1n) is 5.74. The third-order valence-corrected chi connectivity index (χ3v) is 5.39. The van der Waals surface area contributed by atoms with Gasteiger partial charge in [0.15, 0.2) is 0 Å². The van der Waals surface area contributed by atoms with Gasteiger partial charge in [0, 0.05) is 46.1 Å². The van der Waals surface area contributed by atoms with E-state index >= 15 is 0 Å². The van der Waals surface area contributed by atoms with Gasteiger partial charge in [-0.15, -0.1) is 0 Å². The molecule has 0 atom stereocenters. The molecule has 0 aromatic carbocycles. The molecule has 93 valence electrons. The Kier molecular flexibility index (Phi) is 25.1. The second kappa shape index (κ2) is 16.9. The minimum atomic E-state index is 0. The maximum atomic E-state index is 3.69. The van der Waals surface area contributed by atoms with Gasteiger partial charge in [-0.25, -0.2) is 0 Å². The van der Waals surface area contributed by atoms with Gasteiger partial charge in [0.05, 0.1) is 0 Å². The molecule has 0 rings (SSSR count). The van der Waals surface area contributed by atoms with Crippen LogP contribution in [0.15, 0.2) is 0 Å². The van der Waals surface area contributed by atoms with Crippen LogP contribution in [0.3, 0.4) is 0 Å². The van der Waals surface area contributed by atoms with Crippen molar-refractivity contribution in [3.63, 3.8) is 0 Å². The molecule has 0 saturated carbocycles. The first-order chi connectivity index (χ1) is 6.12. The summed E-state index contributed by atoms with van der Waals surface area (Å²) in [6.07, 6.45) is 2.45. The van der Waals surface area contributed by atoms with Gasteiger partial charge >= 0.3 is 0 Å². The van der Waals surface area contributed by atoms with E-state index in [0.717, 1.165) is 12.3 Å². The Morgan fingerprint density at radius 2 is 1.43 bits per heavy atom. The van der Waals surface area contributed by atoms with Gasteiger partial charge in [0.1, 0.15) is 0 Å². The standard InChI is InChI=1S/C7H17Si.C5H11.Er/c1-4-7-8(5-2)6-3;1-4-5(2)3;/h4-7H2,1-3H3;5H,1,4H2,2-3H3;/q;-1;. The minimum absolute atomic E-state index is 0. The van der Waals surface area contributed by atoms with Crippen molar-refractivity contribution < 1.29 is 37.3 Å². The molecule has 0 aliphatic rings. The smallest absolute Gasteiger partial charge is 0.0473 e. The molecular formula is C12H28ErSi-. The molecule has 0 saturated heterocycles. The molecule has 0 nitrogen and oxygen atoms in total. The van der Waals surface area contributed by atoms with Crippen LogP contribution in [0.1, 0.15) is 47.5 Å². The van der Waals surface area contributed by atoms with Gasteiger partial charge < -0.3 is 6.92 Å². The van der Waals surface area contributed by atoms with E-state index in [1.54, 1.807) is 0 Å². The van der Waals surface area contributed by atoms with E-state index in [1.165, 1.54) is 24.6 Å². The van der Waals surface area contributed by atoms with Crippen LogP contribution < -0.4 is 0 Å². The molecule has 0 heterocycles. The Morgan fingerprint density at radius 3 is 1.50 bits per heavy atom. The van der Waals surface area contributed by atoms with E-state index in [2.05, 4.69) is 41.5 Å². The van der Waals surface area contributed by atoms with Crippen LogP contribution >= 0.6 is 0 Å². The fraction of sp³-hybridized carbons (Fsp3) is 0.917. The van der Waals surface area contributed by atoms with Gasteiger partial charge in [0.2, 0.25) is 0 Å². The molecular weight excluding hydrogens is 339 g/mol. The minimum Gasteiger partial charge on any atom is -0.343 e. The summed E-state index contributed by atoms with van der Waals surface area (Å²) in [5.74, 6) is 0.773. The summed E-state index contributed by atoms with van der Waals surface area (Å²) in [6.45, 7) is 14.9. The Hall–Kier alpha value is 1.46. The summed E-state index contributed by atoms with van der Waals surface area (Å²) in [7, 11) is 0.126. The SMILES string of the molecule is CCC[Si](CC)CC.[CH2-]CC(C)C.[Er]. The van der Waals surface area contributed by atoms with E-state index < -0.39 is 0 Å². The summed E-state index contributed by atoms with van der Waals surface area (Å²) in [5, 5.41) is 0. The Morgan fingerprint density at radius 1 is 1.07 bits per heavy atom. The molecule has 0 bridgehead atoms. The fourth-order valence-electron chi connectivity index (χ4n) is 0.957. The van der Waals surface area contributed by atoms with E-state index in [9.17, 15) is 0 Å². The average molecular weight is 368 g/mol. The largest absolute Gasteiger partial charge is 0.343 e. The van der Waals surface area contributed by atoms with Crippen molar-refractivity contribution in [2.75, 3.05) is 0 Å². The summed E-state index contributed by atoms with van der Waals surface area (Å²) < 4.78 is 0. The zero-order valence-corrected chi connectivity index (χ0v) is 13.5. The van der Waals surface area contributed by atoms with Crippen LogP contribution in [0.4, 0.5) is 0 Å². The van der Waals surface area contributed by atoms with E-state index in [1.807, 2.05) is 0 Å². The Bertz CT molecular complexity index is 80.4. The molecule has 0 aliphatic heterocycles. The molecule has 0 aliphatic carbocycles. The third kappa shape index (κ3) is 19.1. The summed E-state index contributed by atoms with van der Waals surface area (Å²) in [5.41, 5.74) is 0. The van der Waals surface area contributed by atoms with Crippen LogP contribution in [-0.4, -0.2) is 8.80 Å². The quantitative estimate of drug-likeness (QED) is 0.484. The summed E-state index contributed by atoms with van der Waals surface area (Å²) >= 11 is 0. The molecule has 1 radical (unpaired) electrons. The molecule has 0 aromatic heterocycles. The zero-order chi connectivity index (χ0) is 10.7. The van der Waals surface area contributed by atoms with Crippen molar-refractivity contribution in [3.05, 3.63) is 6.92 Å². The predicted octanol–water partition coefficient (Wildman–Crippen LogP) is 4.80. The number of hydrogen-bond donors (Lipinski definition) is 0. The molecule has 0 aromatic rings. The van der Waals surface area contributed by atoms with Crippen molar-refractivity contribution in [2.45, 2.75) is 65.6 Å². The van der Waals surface area contributed by atoms with Gasteiger partial charge in [-0.05, 0) is 0 Å². The van der Waals surface area contributed by atoms with Crippen LogP contribution in [0.5, 0.6) is 0 Å². The van der Waals surface area contributed by atoms with Gasteiger partial charge in [-0.2, -0.15) is 6.42 Å². The Labute approximate surface area is 123 Å². The maximum Gasteiger partial charge on any atom is 0.0473 e. The molecule has 14 heavy (non-hydrogen) atoms. The van der Waals surface area contributed by atoms with Crippen LogP contribution in [0.2, 0.25) is 18.1 Å². The number of rotatable bonds is 5. The van der Waals surface area contributed by atoms with Gasteiger partial charge in [-0.1, -0.05) is 65.1 Å². The molecule has 0 unspecified atom stereocenters. The van der Waals surface area contributed by atoms with Crippen molar-refractivity contribution in [1.82, 2.24) is 0 Å². The van der Waals surface area contributed by atoms with Gasteiger partial charge in [-0.3, -0.25) is 0 Å².